The Bertz CT molecular complexity index is 409. The van der Waals surface area contributed by atoms with Gasteiger partial charge in [-0.25, -0.2) is 13.2 Å². The van der Waals surface area contributed by atoms with Gasteiger partial charge < -0.3 is 10.8 Å². The lowest BCUT2D eigenvalue weighted by atomic mass is 10.0. The number of carbonyl (C=O) groups is 1. The van der Waals surface area contributed by atoms with Crippen molar-refractivity contribution in [2.45, 2.75) is 19.1 Å². The summed E-state index contributed by atoms with van der Waals surface area (Å²) in [5.41, 5.74) is 4.89. The van der Waals surface area contributed by atoms with Crippen LogP contribution in [0.15, 0.2) is 12.1 Å². The summed E-state index contributed by atoms with van der Waals surface area (Å²) < 4.78 is 38.4. The number of hydrogen-bond donors (Lipinski definition) is 2. The molecule has 0 amide bonds. The van der Waals surface area contributed by atoms with E-state index in [1.807, 2.05) is 0 Å². The third kappa shape index (κ3) is 2.73. The molecule has 1 unspecified atom stereocenters. The van der Waals surface area contributed by atoms with E-state index in [0.717, 1.165) is 12.1 Å². The van der Waals surface area contributed by atoms with Crippen LogP contribution < -0.4 is 5.73 Å². The molecule has 1 aromatic carbocycles. The molecule has 3 N–H and O–H groups in total. The predicted octanol–water partition coefficient (Wildman–Crippen LogP) is 1.39. The van der Waals surface area contributed by atoms with Gasteiger partial charge in [0.25, 0.3) is 0 Å². The smallest absolute Gasteiger partial charge is 0.320 e. The molecule has 0 spiro atoms. The van der Waals surface area contributed by atoms with Crippen LogP contribution in [0.3, 0.4) is 0 Å². The predicted molar refractivity (Wildman–Crippen MR) is 50.5 cm³/mol. The Hall–Kier alpha value is -1.56. The summed E-state index contributed by atoms with van der Waals surface area (Å²) in [6.45, 7) is -0.952. The second-order valence-electron chi connectivity index (χ2n) is 3.33. The third-order valence-corrected chi connectivity index (χ3v) is 2.07. The third-order valence-electron chi connectivity index (χ3n) is 2.07. The molecule has 0 aliphatic carbocycles. The number of aliphatic carboxylic acids is 1. The maximum Gasteiger partial charge on any atom is 0.320 e. The minimum Gasteiger partial charge on any atom is -0.480 e. The zero-order valence-corrected chi connectivity index (χ0v) is 8.21. The van der Waals surface area contributed by atoms with Gasteiger partial charge >= 0.3 is 5.97 Å². The van der Waals surface area contributed by atoms with E-state index >= 15 is 0 Å². The molecule has 6 heteroatoms. The Morgan fingerprint density at radius 2 is 2.06 bits per heavy atom. The van der Waals surface area contributed by atoms with E-state index < -0.39 is 30.3 Å². The molecule has 3 nitrogen and oxygen atoms in total. The van der Waals surface area contributed by atoms with Crippen LogP contribution in [0, 0.1) is 11.6 Å². The molecule has 0 bridgehead atoms. The molecule has 0 saturated carbocycles. The number of benzene rings is 1. The summed E-state index contributed by atoms with van der Waals surface area (Å²) in [5, 5.41) is 8.51. The van der Waals surface area contributed by atoms with Crippen molar-refractivity contribution in [2.24, 2.45) is 5.73 Å². The van der Waals surface area contributed by atoms with E-state index in [1.54, 1.807) is 0 Å². The van der Waals surface area contributed by atoms with Crippen molar-refractivity contribution in [3.8, 4) is 0 Å². The number of carboxylic acids is 1. The highest BCUT2D eigenvalue weighted by Gasteiger charge is 2.17. The summed E-state index contributed by atoms with van der Waals surface area (Å²) >= 11 is 0. The number of rotatable bonds is 4. The highest BCUT2D eigenvalue weighted by molar-refractivity contribution is 5.73. The van der Waals surface area contributed by atoms with Crippen molar-refractivity contribution in [1.82, 2.24) is 0 Å². The molecule has 1 atom stereocenters. The molecule has 0 radical (unpaired) electrons. The molecule has 1 rings (SSSR count). The minimum atomic E-state index is -1.34. The Morgan fingerprint density at radius 3 is 2.56 bits per heavy atom. The fourth-order valence-electron chi connectivity index (χ4n) is 1.26. The summed E-state index contributed by atoms with van der Waals surface area (Å²) in [4.78, 5) is 10.4. The van der Waals surface area contributed by atoms with Gasteiger partial charge in [0, 0.05) is 6.42 Å². The van der Waals surface area contributed by atoms with E-state index in [-0.39, 0.29) is 17.5 Å². The van der Waals surface area contributed by atoms with Gasteiger partial charge in [-0.05, 0) is 23.3 Å². The standard InChI is InChI=1S/C10H10F3NO2/c11-4-5-1-6(3-8(14)10(15)16)9(13)7(12)2-5/h1-2,8H,3-4,14H2,(H,15,16). The Labute approximate surface area is 89.7 Å². The quantitative estimate of drug-likeness (QED) is 0.825. The van der Waals surface area contributed by atoms with Crippen molar-refractivity contribution in [2.75, 3.05) is 0 Å². The van der Waals surface area contributed by atoms with Gasteiger partial charge in [0.15, 0.2) is 11.6 Å². The van der Waals surface area contributed by atoms with E-state index in [9.17, 15) is 18.0 Å². The van der Waals surface area contributed by atoms with Crippen LogP contribution in [-0.4, -0.2) is 17.1 Å². The second-order valence-corrected chi connectivity index (χ2v) is 3.33. The van der Waals surface area contributed by atoms with Crippen LogP contribution in [0.1, 0.15) is 11.1 Å². The van der Waals surface area contributed by atoms with E-state index in [2.05, 4.69) is 0 Å². The van der Waals surface area contributed by atoms with Gasteiger partial charge in [-0.3, -0.25) is 4.79 Å². The van der Waals surface area contributed by atoms with E-state index in [0.29, 0.717) is 0 Å². The van der Waals surface area contributed by atoms with Gasteiger partial charge in [-0.2, -0.15) is 0 Å². The Balaban J connectivity index is 3.03. The topological polar surface area (TPSA) is 63.3 Å². The maximum atomic E-state index is 13.2. The molecule has 0 fully saturated rings. The zero-order valence-electron chi connectivity index (χ0n) is 8.21. The summed E-state index contributed by atoms with van der Waals surface area (Å²) in [7, 11) is 0. The lowest BCUT2D eigenvalue weighted by molar-refractivity contribution is -0.138. The average Bonchev–Trinajstić information content (AvgIpc) is 2.24. The largest absolute Gasteiger partial charge is 0.480 e. The van der Waals surface area contributed by atoms with Crippen LogP contribution in [0.2, 0.25) is 0 Å². The van der Waals surface area contributed by atoms with Gasteiger partial charge in [0.2, 0.25) is 0 Å². The summed E-state index contributed by atoms with van der Waals surface area (Å²) in [6.07, 6.45) is -0.383. The highest BCUT2D eigenvalue weighted by Crippen LogP contribution is 2.17. The van der Waals surface area contributed by atoms with Gasteiger partial charge in [0.05, 0.1) is 0 Å². The molecule has 0 aliphatic heterocycles. The fraction of sp³-hybridized carbons (Fsp3) is 0.300. The first-order chi connectivity index (χ1) is 7.45. The van der Waals surface area contributed by atoms with Gasteiger partial charge in [-0.15, -0.1) is 0 Å². The van der Waals surface area contributed by atoms with Crippen molar-refractivity contribution in [3.63, 3.8) is 0 Å². The van der Waals surface area contributed by atoms with Gasteiger partial charge in [0.1, 0.15) is 12.7 Å². The molecule has 16 heavy (non-hydrogen) atoms. The van der Waals surface area contributed by atoms with Crippen molar-refractivity contribution < 1.29 is 23.1 Å². The summed E-state index contributed by atoms with van der Waals surface area (Å²) in [6, 6.07) is 0.454. The molecule has 0 heterocycles. The van der Waals surface area contributed by atoms with Gasteiger partial charge in [-0.1, -0.05) is 0 Å². The van der Waals surface area contributed by atoms with E-state index in [1.165, 1.54) is 0 Å². The van der Waals surface area contributed by atoms with Crippen molar-refractivity contribution in [3.05, 3.63) is 34.9 Å². The number of halogens is 3. The number of hydrogen-bond acceptors (Lipinski definition) is 2. The maximum absolute atomic E-state index is 13.2. The molecule has 0 saturated heterocycles. The first-order valence-corrected chi connectivity index (χ1v) is 4.47. The first kappa shape index (κ1) is 12.5. The van der Waals surface area contributed by atoms with Crippen LogP contribution in [0.25, 0.3) is 0 Å². The van der Waals surface area contributed by atoms with Crippen LogP contribution >= 0.6 is 0 Å². The monoisotopic (exact) mass is 233 g/mol. The lowest BCUT2D eigenvalue weighted by Crippen LogP contribution is -2.32. The summed E-state index contributed by atoms with van der Waals surface area (Å²) in [5.74, 6) is -3.72. The van der Waals surface area contributed by atoms with Crippen LogP contribution in [-0.2, 0) is 17.9 Å². The Kier molecular flexibility index (Phi) is 3.89. The zero-order chi connectivity index (χ0) is 12.3. The first-order valence-electron chi connectivity index (χ1n) is 4.47. The molecular weight excluding hydrogens is 223 g/mol. The lowest BCUT2D eigenvalue weighted by Gasteiger charge is -2.09. The molecule has 88 valence electrons. The SMILES string of the molecule is NC(Cc1cc(CF)cc(F)c1F)C(=O)O. The molecule has 0 aromatic heterocycles. The molecule has 1 aromatic rings. The van der Waals surface area contributed by atoms with Crippen LogP contribution in [0.4, 0.5) is 13.2 Å². The minimum absolute atomic E-state index is 0.0495. The normalized spacial score (nSPS) is 12.5. The van der Waals surface area contributed by atoms with Crippen molar-refractivity contribution >= 4 is 5.97 Å². The number of carboxylic acid groups (broad SMARTS) is 1. The van der Waals surface area contributed by atoms with E-state index in [4.69, 9.17) is 10.8 Å². The fourth-order valence-corrected chi connectivity index (χ4v) is 1.26. The highest BCUT2D eigenvalue weighted by atomic mass is 19.2. The molecular formula is C10H10F3NO2. The Morgan fingerprint density at radius 1 is 1.44 bits per heavy atom. The number of nitrogens with two attached hydrogens (primary N) is 1. The van der Waals surface area contributed by atoms with Crippen LogP contribution in [0.5, 0.6) is 0 Å². The second kappa shape index (κ2) is 4.98. The number of alkyl halides is 1. The van der Waals surface area contributed by atoms with Crippen molar-refractivity contribution in [1.29, 1.82) is 0 Å². The molecule has 0 aliphatic rings. The average molecular weight is 233 g/mol.